The zero-order chi connectivity index (χ0) is 11.5. The smallest absolute Gasteiger partial charge is 0.219 e. The van der Waals surface area contributed by atoms with Crippen molar-refractivity contribution in [2.75, 3.05) is 6.54 Å². The lowest BCUT2D eigenvalue weighted by atomic mass is 10.2. The van der Waals surface area contributed by atoms with E-state index in [1.165, 1.54) is 18.3 Å². The number of hydrogen-bond acceptors (Lipinski definition) is 2. The molecule has 0 saturated heterocycles. The van der Waals surface area contributed by atoms with E-state index in [2.05, 4.69) is 5.10 Å². The van der Waals surface area contributed by atoms with E-state index in [-0.39, 0.29) is 5.69 Å². The van der Waals surface area contributed by atoms with Crippen molar-refractivity contribution < 1.29 is 8.78 Å². The quantitative estimate of drug-likeness (QED) is 0.859. The minimum Gasteiger partial charge on any atom is -0.330 e. The second-order valence-corrected chi connectivity index (χ2v) is 3.36. The Morgan fingerprint density at radius 1 is 1.25 bits per heavy atom. The molecule has 0 aliphatic heterocycles. The summed E-state index contributed by atoms with van der Waals surface area (Å²) >= 11 is 0. The third-order valence-corrected chi connectivity index (χ3v) is 2.27. The Hall–Kier alpha value is -1.75. The molecule has 3 nitrogen and oxygen atoms in total. The number of aromatic nitrogens is 2. The van der Waals surface area contributed by atoms with E-state index in [0.717, 1.165) is 4.68 Å². The number of benzene rings is 1. The molecule has 0 fully saturated rings. The molecule has 1 aromatic carbocycles. The molecule has 0 bridgehead atoms. The minimum absolute atomic E-state index is 0.100. The highest BCUT2D eigenvalue weighted by Crippen LogP contribution is 2.16. The van der Waals surface area contributed by atoms with E-state index in [1.807, 2.05) is 0 Å². The SMILES string of the molecule is NCCc1cnn(-c2ccccc2F)c1F. The van der Waals surface area contributed by atoms with Crippen molar-refractivity contribution in [3.05, 3.63) is 47.8 Å². The van der Waals surface area contributed by atoms with Crippen LogP contribution in [-0.4, -0.2) is 16.3 Å². The van der Waals surface area contributed by atoms with Gasteiger partial charge in [-0.15, -0.1) is 0 Å². The van der Waals surface area contributed by atoms with Crippen molar-refractivity contribution in [3.63, 3.8) is 0 Å². The van der Waals surface area contributed by atoms with Gasteiger partial charge >= 0.3 is 0 Å². The molecule has 1 aromatic heterocycles. The highest BCUT2D eigenvalue weighted by molar-refractivity contribution is 5.33. The van der Waals surface area contributed by atoms with Gasteiger partial charge in [0.05, 0.1) is 6.20 Å². The zero-order valence-electron chi connectivity index (χ0n) is 8.53. The molecule has 0 spiro atoms. The summed E-state index contributed by atoms with van der Waals surface area (Å²) < 4.78 is 28.1. The first-order valence-corrected chi connectivity index (χ1v) is 4.91. The average Bonchev–Trinajstić information content (AvgIpc) is 2.62. The minimum atomic E-state index is -0.560. The summed E-state index contributed by atoms with van der Waals surface area (Å²) in [6, 6.07) is 5.90. The van der Waals surface area contributed by atoms with Gasteiger partial charge in [-0.3, -0.25) is 0 Å². The summed E-state index contributed by atoms with van der Waals surface area (Å²) in [5.74, 6) is -1.07. The highest BCUT2D eigenvalue weighted by Gasteiger charge is 2.13. The predicted molar refractivity (Wildman–Crippen MR) is 56.2 cm³/mol. The Bertz CT molecular complexity index is 494. The summed E-state index contributed by atoms with van der Waals surface area (Å²) in [5, 5.41) is 3.81. The molecular weight excluding hydrogens is 212 g/mol. The van der Waals surface area contributed by atoms with Crippen LogP contribution in [-0.2, 0) is 6.42 Å². The Balaban J connectivity index is 2.45. The fraction of sp³-hybridized carbons (Fsp3) is 0.182. The van der Waals surface area contributed by atoms with Gasteiger partial charge in [-0.25, -0.2) is 9.07 Å². The van der Waals surface area contributed by atoms with Crippen molar-refractivity contribution in [3.8, 4) is 5.69 Å². The second-order valence-electron chi connectivity index (χ2n) is 3.36. The third-order valence-electron chi connectivity index (χ3n) is 2.27. The van der Waals surface area contributed by atoms with Gasteiger partial charge in [-0.1, -0.05) is 12.1 Å². The molecule has 0 amide bonds. The van der Waals surface area contributed by atoms with Gasteiger partial charge in [0.25, 0.3) is 0 Å². The summed E-state index contributed by atoms with van der Waals surface area (Å²) in [7, 11) is 0. The summed E-state index contributed by atoms with van der Waals surface area (Å²) in [4.78, 5) is 0. The van der Waals surface area contributed by atoms with Crippen LogP contribution in [0.5, 0.6) is 0 Å². The molecule has 16 heavy (non-hydrogen) atoms. The van der Waals surface area contributed by atoms with Crippen LogP contribution < -0.4 is 5.73 Å². The average molecular weight is 223 g/mol. The maximum Gasteiger partial charge on any atom is 0.219 e. The fourth-order valence-electron chi connectivity index (χ4n) is 1.48. The van der Waals surface area contributed by atoms with Crippen LogP contribution >= 0.6 is 0 Å². The molecule has 0 aliphatic carbocycles. The van der Waals surface area contributed by atoms with E-state index < -0.39 is 11.8 Å². The molecule has 5 heteroatoms. The van der Waals surface area contributed by atoms with Crippen LogP contribution in [0.2, 0.25) is 0 Å². The number of para-hydroxylation sites is 1. The first kappa shape index (κ1) is 10.8. The monoisotopic (exact) mass is 223 g/mol. The summed E-state index contributed by atoms with van der Waals surface area (Å²) in [6.07, 6.45) is 1.76. The lowest BCUT2D eigenvalue weighted by Crippen LogP contribution is -2.06. The highest BCUT2D eigenvalue weighted by atomic mass is 19.1. The van der Waals surface area contributed by atoms with E-state index >= 15 is 0 Å². The first-order chi connectivity index (χ1) is 7.74. The maximum atomic E-state index is 13.8. The predicted octanol–water partition coefficient (Wildman–Crippen LogP) is 1.65. The van der Waals surface area contributed by atoms with Crippen molar-refractivity contribution in [2.45, 2.75) is 6.42 Å². The summed E-state index contributed by atoms with van der Waals surface area (Å²) in [6.45, 7) is 0.333. The lowest BCUT2D eigenvalue weighted by molar-refractivity contribution is 0.512. The first-order valence-electron chi connectivity index (χ1n) is 4.91. The molecule has 2 aromatic rings. The molecule has 0 unspecified atom stereocenters. The number of nitrogens with two attached hydrogens (primary N) is 1. The van der Waals surface area contributed by atoms with Crippen molar-refractivity contribution in [1.29, 1.82) is 0 Å². The van der Waals surface area contributed by atoms with Crippen LogP contribution in [0.4, 0.5) is 8.78 Å². The molecule has 0 saturated carbocycles. The van der Waals surface area contributed by atoms with Crippen LogP contribution in [0, 0.1) is 11.8 Å². The van der Waals surface area contributed by atoms with E-state index in [4.69, 9.17) is 5.73 Å². The number of rotatable bonds is 3. The van der Waals surface area contributed by atoms with E-state index in [1.54, 1.807) is 12.1 Å². The van der Waals surface area contributed by atoms with Gasteiger partial charge in [-0.05, 0) is 25.1 Å². The number of halogens is 2. The van der Waals surface area contributed by atoms with E-state index in [9.17, 15) is 8.78 Å². The Morgan fingerprint density at radius 3 is 2.69 bits per heavy atom. The van der Waals surface area contributed by atoms with Crippen LogP contribution in [0.1, 0.15) is 5.56 Å². The molecule has 0 aliphatic rings. The number of nitrogens with zero attached hydrogens (tertiary/aromatic N) is 2. The normalized spacial score (nSPS) is 10.7. The molecule has 84 valence electrons. The van der Waals surface area contributed by atoms with Gasteiger partial charge in [-0.2, -0.15) is 9.49 Å². The van der Waals surface area contributed by atoms with Gasteiger partial charge in [0.1, 0.15) is 11.5 Å². The van der Waals surface area contributed by atoms with Gasteiger partial charge < -0.3 is 5.73 Å². The molecule has 2 rings (SSSR count). The molecular formula is C11H11F2N3. The van der Waals surface area contributed by atoms with Crippen molar-refractivity contribution >= 4 is 0 Å². The Morgan fingerprint density at radius 2 is 2.00 bits per heavy atom. The summed E-state index contributed by atoms with van der Waals surface area (Å²) in [5.41, 5.74) is 5.82. The van der Waals surface area contributed by atoms with Gasteiger partial charge in [0.15, 0.2) is 0 Å². The molecule has 2 N–H and O–H groups in total. The second kappa shape index (κ2) is 4.40. The van der Waals surface area contributed by atoms with Crippen molar-refractivity contribution in [2.24, 2.45) is 5.73 Å². The van der Waals surface area contributed by atoms with Crippen LogP contribution in [0.15, 0.2) is 30.5 Å². The molecule has 0 radical (unpaired) electrons. The maximum absolute atomic E-state index is 13.8. The van der Waals surface area contributed by atoms with Gasteiger partial charge in [0.2, 0.25) is 5.95 Å². The lowest BCUT2D eigenvalue weighted by Gasteiger charge is -2.03. The largest absolute Gasteiger partial charge is 0.330 e. The number of hydrogen-bond donors (Lipinski definition) is 1. The Kier molecular flexibility index (Phi) is 2.96. The topological polar surface area (TPSA) is 43.8 Å². The standard InChI is InChI=1S/C11H11F2N3/c12-9-3-1-2-4-10(9)16-11(13)8(5-6-14)7-15-16/h1-4,7H,5-6,14H2. The van der Waals surface area contributed by atoms with Crippen molar-refractivity contribution in [1.82, 2.24) is 9.78 Å². The molecule has 1 heterocycles. The zero-order valence-corrected chi connectivity index (χ0v) is 8.53. The van der Waals surface area contributed by atoms with E-state index in [0.29, 0.717) is 18.5 Å². The van der Waals surface area contributed by atoms with Gasteiger partial charge in [0, 0.05) is 5.56 Å². The Labute approximate surface area is 91.5 Å². The fourth-order valence-corrected chi connectivity index (χ4v) is 1.48. The van der Waals surface area contributed by atoms with Crippen LogP contribution in [0.25, 0.3) is 5.69 Å². The molecule has 0 atom stereocenters. The van der Waals surface area contributed by atoms with Crippen LogP contribution in [0.3, 0.4) is 0 Å². The third kappa shape index (κ3) is 1.81.